The monoisotopic (exact) mass is 309 g/mol. The first-order chi connectivity index (χ1) is 9.86. The molecule has 0 aliphatic carbocycles. The van der Waals surface area contributed by atoms with Gasteiger partial charge in [-0.1, -0.05) is 0 Å². The normalized spacial score (nSPS) is 11.0. The van der Waals surface area contributed by atoms with Crippen molar-refractivity contribution in [3.8, 4) is 5.75 Å². The molecule has 1 aromatic carbocycles. The van der Waals surface area contributed by atoms with Gasteiger partial charge in [0.25, 0.3) is 0 Å². The fourth-order valence-electron chi connectivity index (χ4n) is 2.04. The van der Waals surface area contributed by atoms with Crippen molar-refractivity contribution in [3.05, 3.63) is 34.0 Å². The molecule has 114 valence electrons. The number of rotatable bonds is 5. The minimum absolute atomic E-state index is 0.0949. The maximum atomic E-state index is 13.9. The Morgan fingerprint density at radius 1 is 1.43 bits per heavy atom. The van der Waals surface area contributed by atoms with E-state index in [0.29, 0.717) is 12.2 Å². The van der Waals surface area contributed by atoms with Gasteiger partial charge in [-0.05, 0) is 20.8 Å². The number of halogens is 1. The van der Waals surface area contributed by atoms with Gasteiger partial charge in [-0.2, -0.15) is 0 Å². The fraction of sp³-hybridized carbons (Fsp3) is 0.400. The number of hydrogen-bond donors (Lipinski definition) is 1. The molecule has 0 amide bonds. The molecule has 2 aromatic rings. The molecule has 0 saturated heterocycles. The van der Waals surface area contributed by atoms with Gasteiger partial charge in [0.2, 0.25) is 0 Å². The zero-order chi connectivity index (χ0) is 15.6. The molecule has 0 atom stereocenters. The third-order valence-electron chi connectivity index (χ3n) is 2.92. The summed E-state index contributed by atoms with van der Waals surface area (Å²) in [5.41, 5.74) is 8.01. The van der Waals surface area contributed by atoms with Crippen LogP contribution >= 0.6 is 11.3 Å². The molecule has 0 unspecified atom stereocenters. The van der Waals surface area contributed by atoms with Gasteiger partial charge in [-0.15, -0.1) is 11.3 Å². The standard InChI is InChI=1S/C15H20FN3OS/c1-9(2)20-15-6-14(13(17)5-12(15)16)19(4)7-11-8-21-10(3)18-11/h5-6,8-9H,7,17H2,1-4H3. The summed E-state index contributed by atoms with van der Waals surface area (Å²) in [7, 11) is 1.90. The Bertz CT molecular complexity index is 627. The van der Waals surface area contributed by atoms with Gasteiger partial charge in [-0.25, -0.2) is 9.37 Å². The van der Waals surface area contributed by atoms with E-state index in [4.69, 9.17) is 10.5 Å². The van der Waals surface area contributed by atoms with Crippen molar-refractivity contribution in [1.29, 1.82) is 0 Å². The largest absolute Gasteiger partial charge is 0.488 e. The molecule has 0 saturated carbocycles. The van der Waals surface area contributed by atoms with Gasteiger partial charge in [0, 0.05) is 24.6 Å². The molecule has 1 heterocycles. The minimum atomic E-state index is -0.442. The smallest absolute Gasteiger partial charge is 0.167 e. The highest BCUT2D eigenvalue weighted by Gasteiger charge is 2.14. The maximum Gasteiger partial charge on any atom is 0.167 e. The lowest BCUT2D eigenvalue weighted by Gasteiger charge is -2.22. The number of ether oxygens (including phenoxy) is 1. The van der Waals surface area contributed by atoms with Crippen LogP contribution in [0.2, 0.25) is 0 Å². The molecule has 0 aliphatic rings. The zero-order valence-corrected chi connectivity index (χ0v) is 13.5. The summed E-state index contributed by atoms with van der Waals surface area (Å²) in [6, 6.07) is 2.94. The van der Waals surface area contributed by atoms with E-state index in [1.54, 1.807) is 17.4 Å². The van der Waals surface area contributed by atoms with E-state index < -0.39 is 5.82 Å². The quantitative estimate of drug-likeness (QED) is 0.858. The van der Waals surface area contributed by atoms with Crippen LogP contribution < -0.4 is 15.4 Å². The molecule has 1 aromatic heterocycles. The summed E-state index contributed by atoms with van der Waals surface area (Å²) in [5, 5.41) is 3.03. The van der Waals surface area contributed by atoms with E-state index in [1.165, 1.54) is 6.07 Å². The summed E-state index contributed by atoms with van der Waals surface area (Å²) in [4.78, 5) is 6.37. The molecule has 0 radical (unpaired) electrons. The van der Waals surface area contributed by atoms with Gasteiger partial charge < -0.3 is 15.4 Å². The SMILES string of the molecule is Cc1nc(CN(C)c2cc(OC(C)C)c(F)cc2N)cs1. The number of nitrogen functional groups attached to an aromatic ring is 1. The number of nitrogens with zero attached hydrogens (tertiary/aromatic N) is 2. The van der Waals surface area contributed by atoms with Crippen LogP contribution in [0.4, 0.5) is 15.8 Å². The molecular formula is C15H20FN3OS. The highest BCUT2D eigenvalue weighted by molar-refractivity contribution is 7.09. The highest BCUT2D eigenvalue weighted by atomic mass is 32.1. The minimum Gasteiger partial charge on any atom is -0.488 e. The van der Waals surface area contributed by atoms with Crippen LogP contribution in [0, 0.1) is 12.7 Å². The summed E-state index contributed by atoms with van der Waals surface area (Å²) in [6.07, 6.45) is -0.0949. The number of thiazole rings is 1. The van der Waals surface area contributed by atoms with Crippen LogP contribution in [-0.4, -0.2) is 18.1 Å². The average molecular weight is 309 g/mol. The third kappa shape index (κ3) is 3.85. The van der Waals surface area contributed by atoms with Gasteiger partial charge >= 0.3 is 0 Å². The second kappa shape index (κ2) is 6.30. The molecule has 0 spiro atoms. The predicted octanol–water partition coefficient (Wildman–Crippen LogP) is 3.60. The van der Waals surface area contributed by atoms with E-state index in [2.05, 4.69) is 4.98 Å². The van der Waals surface area contributed by atoms with Crippen LogP contribution in [0.5, 0.6) is 5.75 Å². The van der Waals surface area contributed by atoms with Crippen molar-refractivity contribution in [2.24, 2.45) is 0 Å². The van der Waals surface area contributed by atoms with Crippen LogP contribution in [0.25, 0.3) is 0 Å². The van der Waals surface area contributed by atoms with Crippen LogP contribution in [-0.2, 0) is 6.54 Å². The van der Waals surface area contributed by atoms with E-state index >= 15 is 0 Å². The highest BCUT2D eigenvalue weighted by Crippen LogP contribution is 2.31. The number of hydrogen-bond acceptors (Lipinski definition) is 5. The molecule has 21 heavy (non-hydrogen) atoms. The van der Waals surface area contributed by atoms with E-state index in [0.717, 1.165) is 16.4 Å². The van der Waals surface area contributed by atoms with E-state index in [-0.39, 0.29) is 11.9 Å². The summed E-state index contributed by atoms with van der Waals surface area (Å²) in [5.74, 6) is -0.224. The number of benzene rings is 1. The molecule has 2 N–H and O–H groups in total. The van der Waals surface area contributed by atoms with E-state index in [9.17, 15) is 4.39 Å². The van der Waals surface area contributed by atoms with Crippen molar-refractivity contribution < 1.29 is 9.13 Å². The second-order valence-electron chi connectivity index (χ2n) is 5.22. The fourth-order valence-corrected chi connectivity index (χ4v) is 2.65. The molecule has 2 rings (SSSR count). The molecule has 6 heteroatoms. The van der Waals surface area contributed by atoms with Crippen molar-refractivity contribution in [2.75, 3.05) is 17.7 Å². The Hall–Kier alpha value is -1.82. The average Bonchev–Trinajstić information content (AvgIpc) is 2.77. The Morgan fingerprint density at radius 3 is 2.71 bits per heavy atom. The first kappa shape index (κ1) is 15.6. The second-order valence-corrected chi connectivity index (χ2v) is 6.28. The molecule has 0 aliphatic heterocycles. The Labute approximate surface area is 128 Å². The molecule has 4 nitrogen and oxygen atoms in total. The van der Waals surface area contributed by atoms with Crippen LogP contribution in [0.3, 0.4) is 0 Å². The Kier molecular flexibility index (Phi) is 4.67. The third-order valence-corrected chi connectivity index (χ3v) is 3.74. The number of nitrogens with two attached hydrogens (primary N) is 1. The maximum absolute atomic E-state index is 13.9. The lowest BCUT2D eigenvalue weighted by molar-refractivity contribution is 0.231. The zero-order valence-electron chi connectivity index (χ0n) is 12.7. The van der Waals surface area contributed by atoms with Crippen molar-refractivity contribution in [1.82, 2.24) is 4.98 Å². The number of aryl methyl sites for hydroxylation is 1. The molecule has 0 fully saturated rings. The van der Waals surface area contributed by atoms with Gasteiger partial charge in [0.1, 0.15) is 0 Å². The molecular weight excluding hydrogens is 289 g/mol. The Morgan fingerprint density at radius 2 is 2.14 bits per heavy atom. The van der Waals surface area contributed by atoms with Crippen molar-refractivity contribution in [3.63, 3.8) is 0 Å². The van der Waals surface area contributed by atoms with Crippen LogP contribution in [0.1, 0.15) is 24.5 Å². The van der Waals surface area contributed by atoms with Gasteiger partial charge in [-0.3, -0.25) is 0 Å². The van der Waals surface area contributed by atoms with Crippen molar-refractivity contribution >= 4 is 22.7 Å². The first-order valence-electron chi connectivity index (χ1n) is 6.74. The predicted molar refractivity (Wildman–Crippen MR) is 85.5 cm³/mol. The topological polar surface area (TPSA) is 51.4 Å². The van der Waals surface area contributed by atoms with Crippen molar-refractivity contribution in [2.45, 2.75) is 33.4 Å². The number of anilines is 2. The van der Waals surface area contributed by atoms with E-state index in [1.807, 2.05) is 38.1 Å². The molecule has 0 bridgehead atoms. The summed E-state index contributed by atoms with van der Waals surface area (Å²) < 4.78 is 19.3. The van der Waals surface area contributed by atoms with Gasteiger partial charge in [0.15, 0.2) is 11.6 Å². The first-order valence-corrected chi connectivity index (χ1v) is 7.62. The number of aromatic nitrogens is 1. The van der Waals surface area contributed by atoms with Crippen LogP contribution in [0.15, 0.2) is 17.5 Å². The summed E-state index contributed by atoms with van der Waals surface area (Å²) >= 11 is 1.61. The lowest BCUT2D eigenvalue weighted by atomic mass is 10.2. The summed E-state index contributed by atoms with van der Waals surface area (Å²) in [6.45, 7) is 6.30. The lowest BCUT2D eigenvalue weighted by Crippen LogP contribution is -2.19. The van der Waals surface area contributed by atoms with Gasteiger partial charge in [0.05, 0.1) is 34.7 Å². The Balaban J connectivity index is 2.25.